The molecule has 1 aromatic carbocycles. The van der Waals surface area contributed by atoms with E-state index in [1.54, 1.807) is 23.1 Å². The zero-order chi connectivity index (χ0) is 10.1. The number of aliphatic hydroxyl groups excluding tert-OH is 1. The van der Waals surface area contributed by atoms with Crippen molar-refractivity contribution in [1.82, 2.24) is 0 Å². The molecular formula is C10H11NOS2. The Balaban J connectivity index is 2.69. The van der Waals surface area contributed by atoms with Gasteiger partial charge in [0.05, 0.1) is 6.61 Å². The molecular weight excluding hydrogens is 214 g/mol. The van der Waals surface area contributed by atoms with Gasteiger partial charge in [0, 0.05) is 20.7 Å². The number of nitrogens with two attached hydrogens (primary N) is 1. The summed E-state index contributed by atoms with van der Waals surface area (Å²) in [5.74, 6) is 0. The van der Waals surface area contributed by atoms with Crippen LogP contribution in [-0.2, 0) is 6.61 Å². The zero-order valence-electron chi connectivity index (χ0n) is 7.78. The van der Waals surface area contributed by atoms with E-state index in [4.69, 9.17) is 10.8 Å². The Kier molecular flexibility index (Phi) is 2.67. The Bertz CT molecular complexity index is 464. The Morgan fingerprint density at radius 3 is 2.93 bits per heavy atom. The third-order valence-corrected chi connectivity index (χ3v) is 3.96. The number of aliphatic hydroxyl groups is 1. The lowest BCUT2D eigenvalue weighted by atomic mass is 10.2. The van der Waals surface area contributed by atoms with E-state index in [0.717, 1.165) is 21.5 Å². The highest BCUT2D eigenvalue weighted by Gasteiger charge is 2.06. The van der Waals surface area contributed by atoms with Gasteiger partial charge in [-0.3, -0.25) is 0 Å². The number of thiophene rings is 1. The average Bonchev–Trinajstić information content (AvgIpc) is 2.58. The second-order valence-electron chi connectivity index (χ2n) is 3.01. The van der Waals surface area contributed by atoms with Gasteiger partial charge < -0.3 is 10.8 Å². The highest BCUT2D eigenvalue weighted by atomic mass is 32.2. The molecule has 0 aliphatic carbocycles. The molecule has 0 bridgehead atoms. The van der Waals surface area contributed by atoms with Gasteiger partial charge in [-0.1, -0.05) is 0 Å². The molecule has 3 N–H and O–H groups in total. The molecule has 1 heterocycles. The van der Waals surface area contributed by atoms with Crippen LogP contribution in [0.1, 0.15) is 5.56 Å². The van der Waals surface area contributed by atoms with E-state index in [2.05, 4.69) is 6.07 Å². The molecule has 0 fully saturated rings. The molecule has 2 nitrogen and oxygen atoms in total. The van der Waals surface area contributed by atoms with Gasteiger partial charge in [0.1, 0.15) is 0 Å². The van der Waals surface area contributed by atoms with Crippen molar-refractivity contribution in [3.8, 4) is 0 Å². The predicted molar refractivity (Wildman–Crippen MR) is 63.9 cm³/mol. The van der Waals surface area contributed by atoms with Crippen LogP contribution in [-0.4, -0.2) is 11.4 Å². The summed E-state index contributed by atoms with van der Waals surface area (Å²) in [6.07, 6.45) is 2.01. The number of fused-ring (bicyclic) bond motifs is 1. The second kappa shape index (κ2) is 3.81. The summed E-state index contributed by atoms with van der Waals surface area (Å²) in [7, 11) is 0. The highest BCUT2D eigenvalue weighted by Crippen LogP contribution is 2.33. The van der Waals surface area contributed by atoms with Crippen molar-refractivity contribution in [1.29, 1.82) is 0 Å². The molecule has 0 aliphatic rings. The van der Waals surface area contributed by atoms with E-state index < -0.39 is 0 Å². The molecule has 0 aliphatic heterocycles. The van der Waals surface area contributed by atoms with E-state index in [1.807, 2.05) is 17.7 Å². The van der Waals surface area contributed by atoms with Gasteiger partial charge in [0.25, 0.3) is 0 Å². The highest BCUT2D eigenvalue weighted by molar-refractivity contribution is 7.98. The first-order valence-corrected chi connectivity index (χ1v) is 6.31. The maximum absolute atomic E-state index is 9.10. The SMILES string of the molecule is CSc1cc2scc(CO)c2cc1N. The summed E-state index contributed by atoms with van der Waals surface area (Å²) in [6, 6.07) is 4.03. The van der Waals surface area contributed by atoms with Crippen LogP contribution in [0.3, 0.4) is 0 Å². The molecule has 4 heteroatoms. The van der Waals surface area contributed by atoms with E-state index in [9.17, 15) is 0 Å². The monoisotopic (exact) mass is 225 g/mol. The minimum Gasteiger partial charge on any atom is -0.398 e. The van der Waals surface area contributed by atoms with Gasteiger partial charge in [-0.25, -0.2) is 0 Å². The predicted octanol–water partition coefficient (Wildman–Crippen LogP) is 2.70. The van der Waals surface area contributed by atoms with E-state index in [1.165, 1.54) is 4.70 Å². The van der Waals surface area contributed by atoms with Crippen LogP contribution in [0.25, 0.3) is 10.1 Å². The summed E-state index contributed by atoms with van der Waals surface area (Å²) in [5, 5.41) is 12.2. The van der Waals surface area contributed by atoms with Crippen molar-refractivity contribution in [3.05, 3.63) is 23.1 Å². The molecule has 0 radical (unpaired) electrons. The van der Waals surface area contributed by atoms with Crippen molar-refractivity contribution in [3.63, 3.8) is 0 Å². The summed E-state index contributed by atoms with van der Waals surface area (Å²) < 4.78 is 1.19. The van der Waals surface area contributed by atoms with Crippen LogP contribution in [0, 0.1) is 0 Å². The lowest BCUT2D eigenvalue weighted by Gasteiger charge is -2.02. The molecule has 2 rings (SSSR count). The van der Waals surface area contributed by atoms with Gasteiger partial charge >= 0.3 is 0 Å². The zero-order valence-corrected chi connectivity index (χ0v) is 9.41. The van der Waals surface area contributed by atoms with E-state index in [0.29, 0.717) is 0 Å². The number of anilines is 1. The van der Waals surface area contributed by atoms with Crippen LogP contribution < -0.4 is 5.73 Å². The Morgan fingerprint density at radius 2 is 2.29 bits per heavy atom. The summed E-state index contributed by atoms with van der Waals surface area (Å²) >= 11 is 3.29. The molecule has 14 heavy (non-hydrogen) atoms. The molecule has 0 saturated carbocycles. The fourth-order valence-electron chi connectivity index (χ4n) is 1.42. The van der Waals surface area contributed by atoms with Crippen molar-refractivity contribution in [2.24, 2.45) is 0 Å². The van der Waals surface area contributed by atoms with Crippen LogP contribution in [0.4, 0.5) is 5.69 Å². The third-order valence-electron chi connectivity index (χ3n) is 2.18. The minimum absolute atomic E-state index is 0.0814. The van der Waals surface area contributed by atoms with Crippen LogP contribution in [0.5, 0.6) is 0 Å². The Hall–Kier alpha value is -0.710. The van der Waals surface area contributed by atoms with Crippen molar-refractivity contribution in [2.45, 2.75) is 11.5 Å². The standard InChI is InChI=1S/C10H11NOS2/c1-13-10-3-9-7(2-8(10)11)6(4-12)5-14-9/h2-3,5,12H,4,11H2,1H3. The number of rotatable bonds is 2. The summed E-state index contributed by atoms with van der Waals surface area (Å²) in [4.78, 5) is 1.10. The topological polar surface area (TPSA) is 46.2 Å². The van der Waals surface area contributed by atoms with Gasteiger partial charge in [0.15, 0.2) is 0 Å². The normalized spacial score (nSPS) is 11.0. The van der Waals surface area contributed by atoms with Crippen molar-refractivity contribution in [2.75, 3.05) is 12.0 Å². The fraction of sp³-hybridized carbons (Fsp3) is 0.200. The maximum Gasteiger partial charge on any atom is 0.0696 e. The molecule has 2 aromatic rings. The first-order chi connectivity index (χ1) is 6.76. The first kappa shape index (κ1) is 9.83. The van der Waals surface area contributed by atoms with Crippen molar-refractivity contribution < 1.29 is 5.11 Å². The molecule has 0 amide bonds. The first-order valence-electron chi connectivity index (χ1n) is 4.20. The number of thioether (sulfide) groups is 1. The van der Waals surface area contributed by atoms with Crippen LogP contribution in [0.15, 0.2) is 22.4 Å². The number of hydrogen-bond donors (Lipinski definition) is 2. The molecule has 0 unspecified atom stereocenters. The fourth-order valence-corrected chi connectivity index (χ4v) is 3.00. The molecule has 0 spiro atoms. The van der Waals surface area contributed by atoms with Gasteiger partial charge in [0.2, 0.25) is 0 Å². The lowest BCUT2D eigenvalue weighted by molar-refractivity contribution is 0.284. The number of nitrogen functional groups attached to an aromatic ring is 1. The van der Waals surface area contributed by atoms with Gasteiger partial charge in [-0.05, 0) is 29.3 Å². The minimum atomic E-state index is 0.0814. The quantitative estimate of drug-likeness (QED) is 0.610. The largest absolute Gasteiger partial charge is 0.398 e. The summed E-state index contributed by atoms with van der Waals surface area (Å²) in [5.41, 5.74) is 7.63. The van der Waals surface area contributed by atoms with Gasteiger partial charge in [-0.2, -0.15) is 0 Å². The Morgan fingerprint density at radius 1 is 1.50 bits per heavy atom. The lowest BCUT2D eigenvalue weighted by Crippen LogP contribution is -1.88. The van der Waals surface area contributed by atoms with Crippen LogP contribution in [0.2, 0.25) is 0 Å². The van der Waals surface area contributed by atoms with E-state index >= 15 is 0 Å². The van der Waals surface area contributed by atoms with E-state index in [-0.39, 0.29) is 6.61 Å². The van der Waals surface area contributed by atoms with Crippen LogP contribution >= 0.6 is 23.1 Å². The smallest absolute Gasteiger partial charge is 0.0696 e. The van der Waals surface area contributed by atoms with Crippen molar-refractivity contribution >= 4 is 38.9 Å². The third kappa shape index (κ3) is 1.49. The molecule has 1 aromatic heterocycles. The maximum atomic E-state index is 9.10. The average molecular weight is 225 g/mol. The number of benzene rings is 1. The Labute approximate surface area is 90.7 Å². The number of hydrogen-bond acceptors (Lipinski definition) is 4. The summed E-state index contributed by atoms with van der Waals surface area (Å²) in [6.45, 7) is 0.0814. The second-order valence-corrected chi connectivity index (χ2v) is 4.77. The molecule has 74 valence electrons. The molecule has 0 atom stereocenters. The van der Waals surface area contributed by atoms with Gasteiger partial charge in [-0.15, -0.1) is 23.1 Å². The molecule has 0 saturated heterocycles.